The Labute approximate surface area is 254 Å². The Morgan fingerprint density at radius 3 is 0.881 bits per heavy atom. The first-order chi connectivity index (χ1) is 19.6. The number of alkyl halides is 10. The van der Waals surface area contributed by atoms with E-state index in [0.717, 1.165) is 12.2 Å². The summed E-state index contributed by atoms with van der Waals surface area (Å²) >= 11 is 3.57. The summed E-state index contributed by atoms with van der Waals surface area (Å²) in [5.41, 5.74) is -0.538. The van der Waals surface area contributed by atoms with Crippen LogP contribution in [0.15, 0.2) is 121 Å². The topological polar surface area (TPSA) is 0 Å². The van der Waals surface area contributed by atoms with E-state index in [1.54, 1.807) is 105 Å². The van der Waals surface area contributed by atoms with Gasteiger partial charge >= 0.3 is 21.5 Å². The van der Waals surface area contributed by atoms with Crippen LogP contribution in [0.5, 0.6) is 0 Å². The Balaban J connectivity index is 0.000000230. The molecule has 4 aromatic carbocycles. The summed E-state index contributed by atoms with van der Waals surface area (Å²) in [7, 11) is 0. The van der Waals surface area contributed by atoms with Crippen LogP contribution in [0.3, 0.4) is 0 Å². The molecule has 0 fully saturated rings. The molecule has 0 saturated carbocycles. The van der Waals surface area contributed by atoms with Gasteiger partial charge in [-0.3, -0.25) is 0 Å². The zero-order valence-electron chi connectivity index (χ0n) is 21.5. The molecule has 0 atom stereocenters. The van der Waals surface area contributed by atoms with E-state index in [0.29, 0.717) is 11.1 Å². The summed E-state index contributed by atoms with van der Waals surface area (Å²) in [5.74, 6) is -8.69. The van der Waals surface area contributed by atoms with Crippen LogP contribution in [0.25, 0.3) is 23.3 Å². The Bertz CT molecular complexity index is 1350. The first-order valence-corrected chi connectivity index (χ1v) is 13.8. The third-order valence-corrected chi connectivity index (χ3v) is 6.78. The highest BCUT2D eigenvalue weighted by Gasteiger charge is 2.58. The summed E-state index contributed by atoms with van der Waals surface area (Å²) in [6, 6.07) is 31.2. The lowest BCUT2D eigenvalue weighted by Crippen LogP contribution is -2.36. The van der Waals surface area contributed by atoms with E-state index >= 15 is 0 Å². The van der Waals surface area contributed by atoms with Crippen molar-refractivity contribution in [1.82, 2.24) is 0 Å². The first-order valence-electron chi connectivity index (χ1n) is 12.2. The van der Waals surface area contributed by atoms with Crippen molar-refractivity contribution in [3.8, 4) is 0 Å². The lowest BCUT2D eigenvalue weighted by molar-refractivity contribution is -0.103. The number of rotatable bonds is 8. The molecule has 4 aromatic rings. The summed E-state index contributed by atoms with van der Waals surface area (Å²) in [6.45, 7) is 0. The SMILES string of the molecule is FC(F)(Br)C(F)(F)/C(=C/c1ccccc1)c1ccccc1.FC(F)(Br)C(F)(F)/C(=C/c1ccccc1)c1ccccc1. The smallest absolute Gasteiger partial charge is 0.193 e. The third-order valence-electron chi connectivity index (χ3n) is 5.78. The molecule has 0 radical (unpaired) electrons. The molecule has 0 unspecified atom stereocenters. The minimum atomic E-state index is -4.34. The van der Waals surface area contributed by atoms with Crippen molar-refractivity contribution in [2.45, 2.75) is 21.5 Å². The molecular formula is C32H22Br2F8. The fourth-order valence-corrected chi connectivity index (χ4v) is 4.11. The molecular weight excluding hydrogens is 696 g/mol. The van der Waals surface area contributed by atoms with Crippen molar-refractivity contribution in [3.63, 3.8) is 0 Å². The summed E-state index contributed by atoms with van der Waals surface area (Å²) in [6.07, 6.45) is 2.15. The standard InChI is InChI=1S/2C16H11BrF4/c2*17-16(20,21)15(18,19)14(13-9-5-2-6-10-13)11-12-7-3-1-4-8-12/h2*1-11H/b2*14-11+. The van der Waals surface area contributed by atoms with Gasteiger partial charge in [0, 0.05) is 11.1 Å². The minimum Gasteiger partial charge on any atom is -0.193 e. The van der Waals surface area contributed by atoms with Gasteiger partial charge in [0.2, 0.25) is 0 Å². The number of hydrogen-bond acceptors (Lipinski definition) is 0. The second kappa shape index (κ2) is 13.8. The molecule has 0 aliphatic rings. The van der Waals surface area contributed by atoms with E-state index in [4.69, 9.17) is 0 Å². The van der Waals surface area contributed by atoms with Gasteiger partial charge in [0.25, 0.3) is 0 Å². The molecule has 0 nitrogen and oxygen atoms in total. The van der Waals surface area contributed by atoms with Crippen molar-refractivity contribution < 1.29 is 35.1 Å². The second-order valence-electron chi connectivity index (χ2n) is 8.81. The molecule has 0 bridgehead atoms. The predicted molar refractivity (Wildman–Crippen MR) is 159 cm³/mol. The molecule has 0 saturated heterocycles. The van der Waals surface area contributed by atoms with Crippen molar-refractivity contribution in [2.24, 2.45) is 0 Å². The average molecular weight is 718 g/mol. The largest absolute Gasteiger partial charge is 0.367 e. The molecule has 4 rings (SSSR count). The van der Waals surface area contributed by atoms with Gasteiger partial charge in [0.1, 0.15) is 0 Å². The van der Waals surface area contributed by atoms with E-state index in [9.17, 15) is 35.1 Å². The number of benzene rings is 4. The fourth-order valence-electron chi connectivity index (χ4n) is 3.68. The van der Waals surface area contributed by atoms with Gasteiger partial charge in [-0.05, 0) is 66.3 Å². The van der Waals surface area contributed by atoms with Gasteiger partial charge in [-0.1, -0.05) is 121 Å². The number of hydrogen-bond donors (Lipinski definition) is 0. The lowest BCUT2D eigenvalue weighted by atomic mass is 9.97. The normalized spacial score (nSPS) is 13.3. The highest BCUT2D eigenvalue weighted by atomic mass is 79.9. The van der Waals surface area contributed by atoms with E-state index in [1.807, 2.05) is 0 Å². The Morgan fingerprint density at radius 2 is 0.643 bits per heavy atom. The van der Waals surface area contributed by atoms with Crippen LogP contribution in [-0.4, -0.2) is 21.5 Å². The molecule has 42 heavy (non-hydrogen) atoms. The maximum Gasteiger partial charge on any atom is 0.367 e. The molecule has 0 aliphatic heterocycles. The average Bonchev–Trinajstić information content (AvgIpc) is 2.95. The van der Waals surface area contributed by atoms with Crippen molar-refractivity contribution >= 4 is 55.2 Å². The fraction of sp³-hybridized carbons (Fsp3) is 0.125. The van der Waals surface area contributed by atoms with Crippen LogP contribution >= 0.6 is 31.9 Å². The zero-order chi connectivity index (χ0) is 31.0. The summed E-state index contributed by atoms with van der Waals surface area (Å²) in [5, 5.41) is 0. The van der Waals surface area contributed by atoms with E-state index in [-0.39, 0.29) is 11.1 Å². The molecule has 10 heteroatoms. The molecule has 0 aliphatic carbocycles. The highest BCUT2D eigenvalue weighted by molar-refractivity contribution is 9.10. The van der Waals surface area contributed by atoms with Crippen molar-refractivity contribution in [2.75, 3.05) is 0 Å². The molecule has 0 heterocycles. The highest BCUT2D eigenvalue weighted by Crippen LogP contribution is 2.49. The van der Waals surface area contributed by atoms with Crippen molar-refractivity contribution in [3.05, 3.63) is 144 Å². The summed E-state index contributed by atoms with van der Waals surface area (Å²) < 4.78 is 109. The van der Waals surface area contributed by atoms with Crippen LogP contribution in [0.2, 0.25) is 0 Å². The maximum absolute atomic E-state index is 14.1. The van der Waals surface area contributed by atoms with Crippen LogP contribution in [0.4, 0.5) is 35.1 Å². The number of allylic oxidation sites excluding steroid dienone is 2. The van der Waals surface area contributed by atoms with E-state index in [1.165, 1.54) is 48.5 Å². The Kier molecular flexibility index (Phi) is 10.9. The monoisotopic (exact) mass is 716 g/mol. The van der Waals surface area contributed by atoms with Gasteiger partial charge in [-0.25, -0.2) is 0 Å². The van der Waals surface area contributed by atoms with Gasteiger partial charge in [-0.15, -0.1) is 0 Å². The van der Waals surface area contributed by atoms with Gasteiger partial charge in [-0.2, -0.15) is 35.1 Å². The second-order valence-corrected chi connectivity index (χ2v) is 10.8. The molecule has 220 valence electrons. The zero-order valence-corrected chi connectivity index (χ0v) is 24.7. The Hall–Kier alpha value is -3.24. The van der Waals surface area contributed by atoms with Crippen LogP contribution in [0, 0.1) is 0 Å². The van der Waals surface area contributed by atoms with Crippen LogP contribution in [-0.2, 0) is 0 Å². The van der Waals surface area contributed by atoms with Gasteiger partial charge in [0.15, 0.2) is 0 Å². The predicted octanol–water partition coefficient (Wildman–Crippen LogP) is 11.7. The van der Waals surface area contributed by atoms with Crippen LogP contribution in [0.1, 0.15) is 22.3 Å². The lowest BCUT2D eigenvalue weighted by Gasteiger charge is -2.25. The van der Waals surface area contributed by atoms with Crippen molar-refractivity contribution in [1.29, 1.82) is 0 Å². The van der Waals surface area contributed by atoms with E-state index < -0.39 is 32.7 Å². The third kappa shape index (κ3) is 8.41. The molecule has 0 spiro atoms. The summed E-state index contributed by atoms with van der Waals surface area (Å²) in [4.78, 5) is -8.67. The molecule has 0 aromatic heterocycles. The molecule has 0 N–H and O–H groups in total. The maximum atomic E-state index is 14.1. The minimum absolute atomic E-state index is 0.0467. The number of halogens is 10. The van der Waals surface area contributed by atoms with Crippen LogP contribution < -0.4 is 0 Å². The van der Waals surface area contributed by atoms with Gasteiger partial charge < -0.3 is 0 Å². The van der Waals surface area contributed by atoms with E-state index in [2.05, 4.69) is 0 Å². The quantitative estimate of drug-likeness (QED) is 0.0967. The Morgan fingerprint density at radius 1 is 0.405 bits per heavy atom. The van der Waals surface area contributed by atoms with Gasteiger partial charge in [0.05, 0.1) is 0 Å². The first kappa shape index (κ1) is 33.3. The molecule has 0 amide bonds.